The molecule has 1 aromatic rings. The minimum atomic E-state index is -4.62. The number of rotatable bonds is 7. The predicted octanol–water partition coefficient (Wildman–Crippen LogP) is 3.13. The topological polar surface area (TPSA) is 81.9 Å². The van der Waals surface area contributed by atoms with Crippen LogP contribution in [0.25, 0.3) is 0 Å². The van der Waals surface area contributed by atoms with Crippen LogP contribution in [0.4, 0.5) is 17.6 Å². The van der Waals surface area contributed by atoms with Crippen LogP contribution in [-0.2, 0) is 20.5 Å². The van der Waals surface area contributed by atoms with Crippen molar-refractivity contribution in [3.8, 4) is 5.75 Å². The van der Waals surface area contributed by atoms with Gasteiger partial charge in [-0.1, -0.05) is 0 Å². The highest BCUT2D eigenvalue weighted by molar-refractivity contribution is 5.80. The first-order valence-electron chi connectivity index (χ1n) is 10.2. The van der Waals surface area contributed by atoms with Crippen molar-refractivity contribution in [3.05, 3.63) is 29.6 Å². The molecule has 1 unspecified atom stereocenters. The number of amides is 1. The molecular formula is C21H26F4N2O4. The fraction of sp³-hybridized carbons (Fsp3) is 0.619. The molecule has 0 radical (unpaired) electrons. The van der Waals surface area contributed by atoms with Gasteiger partial charge in [-0.2, -0.15) is 13.2 Å². The Morgan fingerprint density at radius 2 is 1.97 bits per heavy atom. The molecule has 1 saturated heterocycles. The summed E-state index contributed by atoms with van der Waals surface area (Å²) in [6.07, 6.45) is -2.81. The molecule has 1 aromatic carbocycles. The Labute approximate surface area is 177 Å². The summed E-state index contributed by atoms with van der Waals surface area (Å²) < 4.78 is 62.3. The van der Waals surface area contributed by atoms with Crippen molar-refractivity contribution < 1.29 is 36.6 Å². The van der Waals surface area contributed by atoms with E-state index in [0.29, 0.717) is 51.3 Å². The molecule has 0 aromatic heterocycles. The van der Waals surface area contributed by atoms with Crippen molar-refractivity contribution >= 4 is 12.4 Å². The number of hydrogen-bond donors (Lipinski definition) is 1. The van der Waals surface area contributed by atoms with E-state index >= 15 is 0 Å². The number of piperidine rings is 1. The van der Waals surface area contributed by atoms with E-state index in [1.54, 1.807) is 11.8 Å². The van der Waals surface area contributed by atoms with Crippen molar-refractivity contribution in [1.29, 1.82) is 0 Å². The lowest BCUT2D eigenvalue weighted by molar-refractivity contribution is -0.145. The molecule has 6 nitrogen and oxygen atoms in total. The summed E-state index contributed by atoms with van der Waals surface area (Å²) in [7, 11) is 0. The van der Waals surface area contributed by atoms with Gasteiger partial charge in [-0.15, -0.1) is 0 Å². The first-order valence-corrected chi connectivity index (χ1v) is 10.2. The zero-order valence-electron chi connectivity index (χ0n) is 17.2. The molecular weight excluding hydrogens is 420 g/mol. The molecule has 31 heavy (non-hydrogen) atoms. The summed E-state index contributed by atoms with van der Waals surface area (Å²) >= 11 is 0. The SMILES string of the molecule is CC(Oc1ccc(C(F)(F)F)cc1F)C1CCN(C(=O)[C@H]2C[C@](N)(COC=O)C2)CC1. The van der Waals surface area contributed by atoms with Crippen LogP contribution in [0, 0.1) is 17.7 Å². The summed E-state index contributed by atoms with van der Waals surface area (Å²) in [6, 6.07) is 2.22. The summed E-state index contributed by atoms with van der Waals surface area (Å²) in [4.78, 5) is 24.7. The van der Waals surface area contributed by atoms with E-state index in [1.807, 2.05) is 0 Å². The Bertz CT molecular complexity index is 803. The molecule has 0 bridgehead atoms. The maximum absolute atomic E-state index is 14.0. The molecule has 2 N–H and O–H groups in total. The Morgan fingerprint density at radius 1 is 1.32 bits per heavy atom. The number of carbonyl (C=O) groups is 2. The van der Waals surface area contributed by atoms with Gasteiger partial charge in [0.05, 0.1) is 17.2 Å². The number of alkyl halides is 3. The lowest BCUT2D eigenvalue weighted by atomic mass is 9.68. The van der Waals surface area contributed by atoms with Crippen molar-refractivity contribution in [2.45, 2.75) is 50.4 Å². The molecule has 2 aliphatic rings. The monoisotopic (exact) mass is 446 g/mol. The van der Waals surface area contributed by atoms with E-state index in [-0.39, 0.29) is 30.1 Å². The molecule has 2 fully saturated rings. The summed E-state index contributed by atoms with van der Waals surface area (Å²) in [5, 5.41) is 0. The Hall–Kier alpha value is -2.36. The summed E-state index contributed by atoms with van der Waals surface area (Å²) in [5.41, 5.74) is 4.35. The predicted molar refractivity (Wildman–Crippen MR) is 102 cm³/mol. The van der Waals surface area contributed by atoms with E-state index < -0.39 is 29.2 Å². The quantitative estimate of drug-likeness (QED) is 0.514. The zero-order chi connectivity index (χ0) is 22.8. The van der Waals surface area contributed by atoms with Crippen LogP contribution < -0.4 is 10.5 Å². The molecule has 10 heteroatoms. The van der Waals surface area contributed by atoms with E-state index in [0.717, 1.165) is 12.1 Å². The van der Waals surface area contributed by atoms with Crippen molar-refractivity contribution in [2.75, 3.05) is 19.7 Å². The van der Waals surface area contributed by atoms with Crippen molar-refractivity contribution in [2.24, 2.45) is 17.6 Å². The normalized spacial score (nSPS) is 25.5. The second kappa shape index (κ2) is 9.02. The summed E-state index contributed by atoms with van der Waals surface area (Å²) in [5.74, 6) is -1.39. The lowest BCUT2D eigenvalue weighted by Gasteiger charge is -2.46. The van der Waals surface area contributed by atoms with Gasteiger partial charge in [-0.05, 0) is 56.7 Å². The van der Waals surface area contributed by atoms with Gasteiger partial charge in [0.1, 0.15) is 6.61 Å². The van der Waals surface area contributed by atoms with Gasteiger partial charge < -0.3 is 20.1 Å². The number of nitrogens with zero attached hydrogens (tertiary/aromatic N) is 1. The maximum Gasteiger partial charge on any atom is 0.416 e. The Morgan fingerprint density at radius 3 is 2.52 bits per heavy atom. The van der Waals surface area contributed by atoms with E-state index in [4.69, 9.17) is 15.2 Å². The number of halogens is 4. The zero-order valence-corrected chi connectivity index (χ0v) is 17.2. The first-order chi connectivity index (χ1) is 14.5. The van der Waals surface area contributed by atoms with E-state index in [1.165, 1.54) is 0 Å². The van der Waals surface area contributed by atoms with E-state index in [9.17, 15) is 27.2 Å². The molecule has 3 rings (SSSR count). The van der Waals surface area contributed by atoms with Gasteiger partial charge in [-0.25, -0.2) is 4.39 Å². The number of carbonyl (C=O) groups excluding carboxylic acids is 2. The van der Waals surface area contributed by atoms with Crippen LogP contribution >= 0.6 is 0 Å². The van der Waals surface area contributed by atoms with Gasteiger partial charge in [0.25, 0.3) is 6.47 Å². The number of benzene rings is 1. The number of hydrogen-bond acceptors (Lipinski definition) is 5. The fourth-order valence-electron chi connectivity index (χ4n) is 4.33. The third-order valence-corrected chi connectivity index (χ3v) is 6.18. The van der Waals surface area contributed by atoms with Crippen LogP contribution in [0.2, 0.25) is 0 Å². The number of likely N-dealkylation sites (tertiary alicyclic amines) is 1. The Kier molecular flexibility index (Phi) is 6.78. The highest BCUT2D eigenvalue weighted by Crippen LogP contribution is 2.38. The van der Waals surface area contributed by atoms with Gasteiger partial charge >= 0.3 is 6.18 Å². The molecule has 0 spiro atoms. The second-order valence-corrected chi connectivity index (χ2v) is 8.50. The molecule has 1 amide bonds. The second-order valence-electron chi connectivity index (χ2n) is 8.50. The Balaban J connectivity index is 1.47. The van der Waals surface area contributed by atoms with Crippen LogP contribution in [0.5, 0.6) is 5.75 Å². The average molecular weight is 446 g/mol. The van der Waals surface area contributed by atoms with Crippen LogP contribution in [-0.4, -0.2) is 48.6 Å². The number of ether oxygens (including phenoxy) is 2. The lowest BCUT2D eigenvalue weighted by Crippen LogP contribution is -2.59. The first kappa shape index (κ1) is 23.3. The van der Waals surface area contributed by atoms with Crippen LogP contribution in [0.3, 0.4) is 0 Å². The van der Waals surface area contributed by atoms with Gasteiger partial charge in [-0.3, -0.25) is 9.59 Å². The van der Waals surface area contributed by atoms with Gasteiger partial charge in [0.2, 0.25) is 5.91 Å². The average Bonchev–Trinajstić information content (AvgIpc) is 2.70. The van der Waals surface area contributed by atoms with E-state index in [2.05, 4.69) is 0 Å². The summed E-state index contributed by atoms with van der Waals surface area (Å²) in [6.45, 7) is 3.23. The van der Waals surface area contributed by atoms with Crippen molar-refractivity contribution in [3.63, 3.8) is 0 Å². The molecule has 1 atom stereocenters. The van der Waals surface area contributed by atoms with Crippen molar-refractivity contribution in [1.82, 2.24) is 4.90 Å². The molecule has 172 valence electrons. The third-order valence-electron chi connectivity index (χ3n) is 6.18. The fourth-order valence-corrected chi connectivity index (χ4v) is 4.33. The minimum Gasteiger partial charge on any atom is -0.487 e. The number of nitrogens with two attached hydrogens (primary N) is 1. The molecule has 1 aliphatic heterocycles. The smallest absolute Gasteiger partial charge is 0.416 e. The molecule has 1 aliphatic carbocycles. The van der Waals surface area contributed by atoms with Gasteiger partial charge in [0, 0.05) is 19.0 Å². The third kappa shape index (κ3) is 5.47. The minimum absolute atomic E-state index is 0.0213. The standard InChI is InChI=1S/C21H26F4N2O4/c1-13(31-18-3-2-16(8-17(18)22)21(23,24)25)14-4-6-27(7-5-14)19(29)15-9-20(26,10-15)11-30-12-28/h2-3,8,12-15H,4-7,9-11,26H2,1H3/t13?,15-,20+. The van der Waals surface area contributed by atoms with Gasteiger partial charge in [0.15, 0.2) is 11.6 Å². The molecule has 1 heterocycles. The highest BCUT2D eigenvalue weighted by Gasteiger charge is 2.47. The van der Waals surface area contributed by atoms with Crippen LogP contribution in [0.1, 0.15) is 38.2 Å². The maximum atomic E-state index is 14.0. The van der Waals surface area contributed by atoms with Crippen LogP contribution in [0.15, 0.2) is 18.2 Å². The largest absolute Gasteiger partial charge is 0.487 e. The highest BCUT2D eigenvalue weighted by atomic mass is 19.4. The molecule has 1 saturated carbocycles.